The van der Waals surface area contributed by atoms with E-state index in [4.69, 9.17) is 9.47 Å². The SMILES string of the molecule is O=c1c2ccccc2ncn1CCCN1CCC2(CC1)OCCO2. The largest absolute Gasteiger partial charge is 0.347 e. The van der Waals surface area contributed by atoms with Gasteiger partial charge >= 0.3 is 0 Å². The molecule has 0 aliphatic carbocycles. The minimum Gasteiger partial charge on any atom is -0.347 e. The zero-order valence-corrected chi connectivity index (χ0v) is 13.8. The number of piperidine rings is 1. The van der Waals surface area contributed by atoms with Gasteiger partial charge in [-0.15, -0.1) is 0 Å². The third kappa shape index (κ3) is 3.09. The van der Waals surface area contributed by atoms with Crippen LogP contribution in [0.2, 0.25) is 0 Å². The Balaban J connectivity index is 1.32. The lowest BCUT2D eigenvalue weighted by atomic mass is 10.0. The first-order valence-corrected chi connectivity index (χ1v) is 8.70. The van der Waals surface area contributed by atoms with Crippen molar-refractivity contribution in [2.45, 2.75) is 31.6 Å². The molecule has 2 aliphatic heterocycles. The van der Waals surface area contributed by atoms with Crippen molar-refractivity contribution >= 4 is 10.9 Å². The van der Waals surface area contributed by atoms with Crippen LogP contribution in [0, 0.1) is 0 Å². The standard InChI is InChI=1S/C18H23N3O3/c22-17-15-4-1-2-5-16(15)19-14-21(17)9-3-8-20-10-6-18(7-11-20)23-12-13-24-18/h1-2,4-5,14H,3,6-13H2. The average molecular weight is 329 g/mol. The van der Waals surface area contributed by atoms with Gasteiger partial charge in [-0.05, 0) is 25.1 Å². The summed E-state index contributed by atoms with van der Waals surface area (Å²) < 4.78 is 13.2. The van der Waals surface area contributed by atoms with Gasteiger partial charge in [0.2, 0.25) is 0 Å². The Hall–Kier alpha value is -1.76. The van der Waals surface area contributed by atoms with E-state index in [1.165, 1.54) is 0 Å². The first-order valence-electron chi connectivity index (χ1n) is 8.70. The molecule has 0 atom stereocenters. The van der Waals surface area contributed by atoms with Crippen molar-refractivity contribution in [2.75, 3.05) is 32.8 Å². The molecule has 0 radical (unpaired) electrons. The molecule has 6 nitrogen and oxygen atoms in total. The van der Waals surface area contributed by atoms with Crippen molar-refractivity contribution < 1.29 is 9.47 Å². The molecule has 3 heterocycles. The van der Waals surface area contributed by atoms with E-state index in [0.717, 1.165) is 57.6 Å². The molecule has 2 aliphatic rings. The van der Waals surface area contributed by atoms with Crippen molar-refractivity contribution in [3.05, 3.63) is 40.9 Å². The number of hydrogen-bond acceptors (Lipinski definition) is 5. The van der Waals surface area contributed by atoms with E-state index in [-0.39, 0.29) is 11.3 Å². The molecule has 0 saturated carbocycles. The summed E-state index contributed by atoms with van der Waals surface area (Å²) in [6.07, 6.45) is 4.47. The van der Waals surface area contributed by atoms with Gasteiger partial charge in [0.25, 0.3) is 5.56 Å². The maximum absolute atomic E-state index is 12.5. The van der Waals surface area contributed by atoms with Crippen molar-refractivity contribution in [1.82, 2.24) is 14.5 Å². The Kier molecular flexibility index (Phi) is 4.35. The van der Waals surface area contributed by atoms with Gasteiger partial charge in [-0.3, -0.25) is 9.36 Å². The maximum Gasteiger partial charge on any atom is 0.261 e. The van der Waals surface area contributed by atoms with Crippen molar-refractivity contribution in [3.8, 4) is 0 Å². The molecule has 0 unspecified atom stereocenters. The van der Waals surface area contributed by atoms with Crippen LogP contribution in [0.4, 0.5) is 0 Å². The molecule has 0 N–H and O–H groups in total. The van der Waals surface area contributed by atoms with Crippen LogP contribution in [0.25, 0.3) is 10.9 Å². The molecule has 4 rings (SSSR count). The fraction of sp³-hybridized carbons (Fsp3) is 0.556. The second-order valence-corrected chi connectivity index (χ2v) is 6.56. The maximum atomic E-state index is 12.5. The predicted molar refractivity (Wildman–Crippen MR) is 90.9 cm³/mol. The number of rotatable bonds is 4. The van der Waals surface area contributed by atoms with E-state index in [9.17, 15) is 4.79 Å². The Morgan fingerprint density at radius 1 is 1.08 bits per heavy atom. The highest BCUT2D eigenvalue weighted by Crippen LogP contribution is 2.31. The van der Waals surface area contributed by atoms with E-state index >= 15 is 0 Å². The molecule has 24 heavy (non-hydrogen) atoms. The number of fused-ring (bicyclic) bond motifs is 1. The third-order valence-corrected chi connectivity index (χ3v) is 5.04. The number of ether oxygens (including phenoxy) is 2. The molecule has 0 bridgehead atoms. The van der Waals surface area contributed by atoms with Crippen LogP contribution in [-0.4, -0.2) is 53.1 Å². The molecule has 2 saturated heterocycles. The van der Waals surface area contributed by atoms with E-state index in [0.29, 0.717) is 11.9 Å². The van der Waals surface area contributed by atoms with Gasteiger partial charge in [-0.1, -0.05) is 12.1 Å². The first-order chi connectivity index (χ1) is 11.8. The van der Waals surface area contributed by atoms with Crippen LogP contribution in [0.15, 0.2) is 35.4 Å². The van der Waals surface area contributed by atoms with E-state index in [1.807, 2.05) is 24.3 Å². The lowest BCUT2D eigenvalue weighted by Gasteiger charge is -2.37. The molecule has 6 heteroatoms. The van der Waals surface area contributed by atoms with Gasteiger partial charge in [0.1, 0.15) is 0 Å². The second-order valence-electron chi connectivity index (χ2n) is 6.56. The first kappa shape index (κ1) is 15.7. The third-order valence-electron chi connectivity index (χ3n) is 5.04. The number of aryl methyl sites for hydroxylation is 1. The zero-order valence-electron chi connectivity index (χ0n) is 13.8. The van der Waals surface area contributed by atoms with Gasteiger partial charge in [0.15, 0.2) is 5.79 Å². The Morgan fingerprint density at radius 2 is 1.83 bits per heavy atom. The number of para-hydroxylation sites is 1. The van der Waals surface area contributed by atoms with Crippen LogP contribution in [0.3, 0.4) is 0 Å². The number of aromatic nitrogens is 2. The van der Waals surface area contributed by atoms with Crippen LogP contribution >= 0.6 is 0 Å². The van der Waals surface area contributed by atoms with Crippen LogP contribution in [-0.2, 0) is 16.0 Å². The van der Waals surface area contributed by atoms with Gasteiger partial charge in [0, 0.05) is 32.5 Å². The molecule has 1 spiro atoms. The van der Waals surface area contributed by atoms with Crippen molar-refractivity contribution in [1.29, 1.82) is 0 Å². The number of hydrogen-bond donors (Lipinski definition) is 0. The van der Waals surface area contributed by atoms with E-state index in [1.54, 1.807) is 10.9 Å². The molecule has 2 aromatic rings. The van der Waals surface area contributed by atoms with Gasteiger partial charge < -0.3 is 14.4 Å². The average Bonchev–Trinajstić information content (AvgIpc) is 3.07. The molecule has 1 aromatic heterocycles. The van der Waals surface area contributed by atoms with Crippen LogP contribution in [0.1, 0.15) is 19.3 Å². The Morgan fingerprint density at radius 3 is 2.62 bits per heavy atom. The Labute approximate surface area is 141 Å². The lowest BCUT2D eigenvalue weighted by Crippen LogP contribution is -2.45. The molecule has 1 aromatic carbocycles. The molecular weight excluding hydrogens is 306 g/mol. The second kappa shape index (κ2) is 6.63. The van der Waals surface area contributed by atoms with E-state index < -0.39 is 0 Å². The minimum atomic E-state index is -0.310. The lowest BCUT2D eigenvalue weighted by molar-refractivity contribution is -0.185. The molecule has 0 amide bonds. The summed E-state index contributed by atoms with van der Waals surface area (Å²) in [6, 6.07) is 7.50. The zero-order chi connectivity index (χ0) is 16.4. The number of likely N-dealkylation sites (tertiary alicyclic amines) is 1. The minimum absolute atomic E-state index is 0.0472. The topological polar surface area (TPSA) is 56.6 Å². The number of benzene rings is 1. The van der Waals surface area contributed by atoms with Gasteiger partial charge in [-0.25, -0.2) is 4.98 Å². The van der Waals surface area contributed by atoms with Crippen LogP contribution in [0.5, 0.6) is 0 Å². The molecule has 128 valence electrons. The fourth-order valence-corrected chi connectivity index (χ4v) is 3.63. The van der Waals surface area contributed by atoms with Gasteiger partial charge in [-0.2, -0.15) is 0 Å². The molecule has 2 fully saturated rings. The predicted octanol–water partition coefficient (Wildman–Crippen LogP) is 1.63. The normalized spacial score (nSPS) is 20.8. The fourth-order valence-electron chi connectivity index (χ4n) is 3.63. The summed E-state index contributed by atoms with van der Waals surface area (Å²) in [5, 5.41) is 0.690. The summed E-state index contributed by atoms with van der Waals surface area (Å²) in [5.74, 6) is -0.310. The summed E-state index contributed by atoms with van der Waals surface area (Å²) in [4.78, 5) is 19.3. The summed E-state index contributed by atoms with van der Waals surface area (Å²) in [7, 11) is 0. The Bertz CT molecular complexity index is 757. The monoisotopic (exact) mass is 329 g/mol. The molecular formula is C18H23N3O3. The van der Waals surface area contributed by atoms with Crippen molar-refractivity contribution in [2.24, 2.45) is 0 Å². The smallest absolute Gasteiger partial charge is 0.261 e. The highest BCUT2D eigenvalue weighted by Gasteiger charge is 2.39. The quantitative estimate of drug-likeness (QED) is 0.853. The highest BCUT2D eigenvalue weighted by molar-refractivity contribution is 5.76. The van der Waals surface area contributed by atoms with Gasteiger partial charge in [0.05, 0.1) is 30.4 Å². The van der Waals surface area contributed by atoms with Crippen LogP contribution < -0.4 is 5.56 Å². The summed E-state index contributed by atoms with van der Waals surface area (Å²) >= 11 is 0. The summed E-state index contributed by atoms with van der Waals surface area (Å²) in [6.45, 7) is 5.10. The summed E-state index contributed by atoms with van der Waals surface area (Å²) in [5.41, 5.74) is 0.808. The number of nitrogens with zero attached hydrogens (tertiary/aromatic N) is 3. The van der Waals surface area contributed by atoms with Crippen molar-refractivity contribution in [3.63, 3.8) is 0 Å². The highest BCUT2D eigenvalue weighted by atomic mass is 16.7. The van der Waals surface area contributed by atoms with E-state index in [2.05, 4.69) is 9.88 Å².